The van der Waals surface area contributed by atoms with E-state index in [9.17, 15) is 9.59 Å². The van der Waals surface area contributed by atoms with Gasteiger partial charge in [-0.05, 0) is 56.7 Å². The Morgan fingerprint density at radius 1 is 1.04 bits per heavy atom. The molecule has 0 saturated heterocycles. The third-order valence-electron chi connectivity index (χ3n) is 3.69. The van der Waals surface area contributed by atoms with Crippen LogP contribution in [0.3, 0.4) is 0 Å². The van der Waals surface area contributed by atoms with Crippen LogP contribution in [0.1, 0.15) is 36.2 Å². The number of rotatable bonds is 7. The van der Waals surface area contributed by atoms with Crippen molar-refractivity contribution in [1.29, 1.82) is 0 Å². The number of hydrogen-bond donors (Lipinski definition) is 1. The number of amides is 1. The number of anilines is 1. The zero-order valence-corrected chi connectivity index (χ0v) is 14.7. The van der Waals surface area contributed by atoms with Crippen LogP contribution in [0.2, 0.25) is 0 Å². The molecule has 0 unspecified atom stereocenters. The lowest BCUT2D eigenvalue weighted by Gasteiger charge is -2.11. The van der Waals surface area contributed by atoms with Gasteiger partial charge in [0.25, 0.3) is 5.91 Å². The molecule has 0 spiro atoms. The zero-order valence-electron chi connectivity index (χ0n) is 14.7. The van der Waals surface area contributed by atoms with Gasteiger partial charge in [-0.1, -0.05) is 24.6 Å². The molecule has 2 aromatic rings. The van der Waals surface area contributed by atoms with Crippen molar-refractivity contribution in [2.24, 2.45) is 0 Å². The quantitative estimate of drug-likeness (QED) is 0.774. The van der Waals surface area contributed by atoms with E-state index in [0.717, 1.165) is 17.7 Å². The number of aryl methyl sites for hydroxylation is 1. The Morgan fingerprint density at radius 2 is 1.68 bits per heavy atom. The van der Waals surface area contributed by atoms with Gasteiger partial charge < -0.3 is 14.8 Å². The van der Waals surface area contributed by atoms with Crippen molar-refractivity contribution in [2.75, 3.05) is 11.9 Å². The van der Waals surface area contributed by atoms with Crippen LogP contribution in [0.25, 0.3) is 0 Å². The average molecular weight is 341 g/mol. The molecule has 0 aliphatic heterocycles. The third kappa shape index (κ3) is 5.95. The minimum Gasteiger partial charge on any atom is -0.482 e. The van der Waals surface area contributed by atoms with Gasteiger partial charge in [0.05, 0.1) is 6.10 Å². The van der Waals surface area contributed by atoms with Gasteiger partial charge in [-0.3, -0.25) is 4.79 Å². The monoisotopic (exact) mass is 341 g/mol. The summed E-state index contributed by atoms with van der Waals surface area (Å²) in [5.41, 5.74) is 2.38. The number of esters is 1. The standard InChI is InChI=1S/C20H23NO4/c1-4-15(3)25-19(22)13-24-18-11-7-16(8-12-18)20(23)21-17-9-5-14(2)6-10-17/h5-12,15H,4,13H2,1-3H3,(H,21,23)/t15-/m1/s1. The molecular weight excluding hydrogens is 318 g/mol. The van der Waals surface area contributed by atoms with Crippen molar-refractivity contribution in [1.82, 2.24) is 0 Å². The average Bonchev–Trinajstić information content (AvgIpc) is 2.62. The van der Waals surface area contributed by atoms with Crippen LogP contribution in [0.4, 0.5) is 5.69 Å². The van der Waals surface area contributed by atoms with Crippen molar-refractivity contribution < 1.29 is 19.1 Å². The highest BCUT2D eigenvalue weighted by molar-refractivity contribution is 6.04. The van der Waals surface area contributed by atoms with Crippen LogP contribution in [0.5, 0.6) is 5.75 Å². The summed E-state index contributed by atoms with van der Waals surface area (Å²) in [6, 6.07) is 14.2. The summed E-state index contributed by atoms with van der Waals surface area (Å²) < 4.78 is 10.5. The maximum atomic E-state index is 12.2. The van der Waals surface area contributed by atoms with E-state index in [1.807, 2.05) is 45.0 Å². The SMILES string of the molecule is CC[C@@H](C)OC(=O)COc1ccc(C(=O)Nc2ccc(C)cc2)cc1. The second kappa shape index (κ2) is 8.87. The van der Waals surface area contributed by atoms with E-state index >= 15 is 0 Å². The molecule has 1 N–H and O–H groups in total. The first-order chi connectivity index (χ1) is 12.0. The highest BCUT2D eigenvalue weighted by Gasteiger charge is 2.10. The van der Waals surface area contributed by atoms with Crippen molar-refractivity contribution in [3.8, 4) is 5.75 Å². The van der Waals surface area contributed by atoms with E-state index in [4.69, 9.17) is 9.47 Å². The topological polar surface area (TPSA) is 64.6 Å². The van der Waals surface area contributed by atoms with Gasteiger partial charge in [0.15, 0.2) is 6.61 Å². The molecule has 25 heavy (non-hydrogen) atoms. The minimum atomic E-state index is -0.407. The second-order valence-corrected chi connectivity index (χ2v) is 5.84. The highest BCUT2D eigenvalue weighted by Crippen LogP contribution is 2.15. The fourth-order valence-electron chi connectivity index (χ4n) is 2.03. The number of ether oxygens (including phenoxy) is 2. The van der Waals surface area contributed by atoms with E-state index in [-0.39, 0.29) is 18.6 Å². The molecule has 1 amide bonds. The summed E-state index contributed by atoms with van der Waals surface area (Å²) in [4.78, 5) is 23.8. The normalized spacial score (nSPS) is 11.5. The molecule has 0 fully saturated rings. The number of benzene rings is 2. The summed E-state index contributed by atoms with van der Waals surface area (Å²) in [6.45, 7) is 5.61. The summed E-state index contributed by atoms with van der Waals surface area (Å²) in [5.74, 6) is -0.102. The molecular formula is C20H23NO4. The molecule has 0 radical (unpaired) electrons. The van der Waals surface area contributed by atoms with Gasteiger partial charge >= 0.3 is 5.97 Å². The molecule has 0 bridgehead atoms. The zero-order chi connectivity index (χ0) is 18.2. The first-order valence-corrected chi connectivity index (χ1v) is 8.28. The number of nitrogens with one attached hydrogen (secondary N) is 1. The fraction of sp³-hybridized carbons (Fsp3) is 0.300. The van der Waals surface area contributed by atoms with Crippen LogP contribution in [0.15, 0.2) is 48.5 Å². The molecule has 0 aliphatic rings. The number of carbonyl (C=O) groups is 2. The van der Waals surface area contributed by atoms with Crippen LogP contribution >= 0.6 is 0 Å². The fourth-order valence-corrected chi connectivity index (χ4v) is 2.03. The van der Waals surface area contributed by atoms with Gasteiger partial charge in [-0.25, -0.2) is 4.79 Å². The first kappa shape index (κ1) is 18.5. The Balaban J connectivity index is 1.87. The van der Waals surface area contributed by atoms with Crippen LogP contribution < -0.4 is 10.1 Å². The Kier molecular flexibility index (Phi) is 6.57. The molecule has 2 aromatic carbocycles. The van der Waals surface area contributed by atoms with Gasteiger partial charge in [-0.15, -0.1) is 0 Å². The molecule has 0 heterocycles. The summed E-state index contributed by atoms with van der Waals surface area (Å²) >= 11 is 0. The lowest BCUT2D eigenvalue weighted by molar-refractivity contribution is -0.150. The smallest absolute Gasteiger partial charge is 0.344 e. The first-order valence-electron chi connectivity index (χ1n) is 8.28. The Bertz CT molecular complexity index is 707. The molecule has 2 rings (SSSR count). The van der Waals surface area contributed by atoms with Crippen molar-refractivity contribution in [2.45, 2.75) is 33.3 Å². The number of hydrogen-bond acceptors (Lipinski definition) is 4. The Hall–Kier alpha value is -2.82. The molecule has 0 saturated carbocycles. The number of carbonyl (C=O) groups excluding carboxylic acids is 2. The lowest BCUT2D eigenvalue weighted by atomic mass is 10.2. The van der Waals surface area contributed by atoms with E-state index < -0.39 is 5.97 Å². The van der Waals surface area contributed by atoms with Crippen LogP contribution in [-0.4, -0.2) is 24.6 Å². The highest BCUT2D eigenvalue weighted by atomic mass is 16.6. The second-order valence-electron chi connectivity index (χ2n) is 5.84. The maximum Gasteiger partial charge on any atom is 0.344 e. The van der Waals surface area contributed by atoms with Crippen molar-refractivity contribution in [3.63, 3.8) is 0 Å². The van der Waals surface area contributed by atoms with E-state index in [2.05, 4.69) is 5.32 Å². The minimum absolute atomic E-state index is 0.121. The Labute approximate surface area is 148 Å². The molecule has 0 aliphatic carbocycles. The van der Waals surface area contributed by atoms with Crippen LogP contribution in [0, 0.1) is 6.92 Å². The summed E-state index contributed by atoms with van der Waals surface area (Å²) in [6.07, 6.45) is 0.639. The van der Waals surface area contributed by atoms with E-state index in [1.54, 1.807) is 24.3 Å². The maximum absolute atomic E-state index is 12.2. The van der Waals surface area contributed by atoms with E-state index in [0.29, 0.717) is 11.3 Å². The predicted octanol–water partition coefficient (Wildman–Crippen LogP) is 3.97. The van der Waals surface area contributed by atoms with Crippen molar-refractivity contribution in [3.05, 3.63) is 59.7 Å². The van der Waals surface area contributed by atoms with Crippen LogP contribution in [-0.2, 0) is 9.53 Å². The molecule has 1 atom stereocenters. The predicted molar refractivity (Wildman–Crippen MR) is 96.9 cm³/mol. The summed E-state index contributed by atoms with van der Waals surface area (Å²) in [7, 11) is 0. The molecule has 0 aromatic heterocycles. The van der Waals surface area contributed by atoms with Gasteiger partial charge in [-0.2, -0.15) is 0 Å². The lowest BCUT2D eigenvalue weighted by Crippen LogP contribution is -2.20. The van der Waals surface area contributed by atoms with Gasteiger partial charge in [0.1, 0.15) is 5.75 Å². The van der Waals surface area contributed by atoms with Gasteiger partial charge in [0.2, 0.25) is 0 Å². The van der Waals surface area contributed by atoms with Crippen molar-refractivity contribution >= 4 is 17.6 Å². The summed E-state index contributed by atoms with van der Waals surface area (Å²) in [5, 5.41) is 2.83. The third-order valence-corrected chi connectivity index (χ3v) is 3.69. The Morgan fingerprint density at radius 3 is 2.28 bits per heavy atom. The van der Waals surface area contributed by atoms with E-state index in [1.165, 1.54) is 0 Å². The molecule has 132 valence electrons. The molecule has 5 nitrogen and oxygen atoms in total. The van der Waals surface area contributed by atoms with Gasteiger partial charge in [0, 0.05) is 11.3 Å². The largest absolute Gasteiger partial charge is 0.482 e. The molecule has 5 heteroatoms.